The van der Waals surface area contributed by atoms with Gasteiger partial charge in [0.2, 0.25) is 0 Å². The van der Waals surface area contributed by atoms with E-state index in [4.69, 9.17) is 0 Å². The molecule has 1 aromatic heterocycles. The molecule has 1 aromatic carbocycles. The molecule has 70 valence electrons. The molecule has 0 saturated carbocycles. The number of para-hydroxylation sites is 1. The van der Waals surface area contributed by atoms with E-state index in [0.717, 1.165) is 16.8 Å². The maximum absolute atomic E-state index is 9.81. The Balaban J connectivity index is 2.58. The SMILES string of the molecule is Cc1cccc(-c2ccccn2)c1O. The largest absolute Gasteiger partial charge is 0.507 e. The summed E-state index contributed by atoms with van der Waals surface area (Å²) in [5.74, 6) is 0.311. The van der Waals surface area contributed by atoms with E-state index in [1.54, 1.807) is 6.20 Å². The third kappa shape index (κ3) is 1.46. The summed E-state index contributed by atoms with van der Waals surface area (Å²) in [4.78, 5) is 4.19. The molecule has 0 fully saturated rings. The van der Waals surface area contributed by atoms with Gasteiger partial charge in [0.25, 0.3) is 0 Å². The lowest BCUT2D eigenvalue weighted by molar-refractivity contribution is 0.473. The van der Waals surface area contributed by atoms with E-state index < -0.39 is 0 Å². The van der Waals surface area contributed by atoms with Gasteiger partial charge in [-0.1, -0.05) is 18.2 Å². The van der Waals surface area contributed by atoms with Gasteiger partial charge in [0.15, 0.2) is 0 Å². The highest BCUT2D eigenvalue weighted by molar-refractivity contribution is 5.68. The number of aryl methyl sites for hydroxylation is 1. The third-order valence-corrected chi connectivity index (χ3v) is 2.18. The molecule has 1 N–H and O–H groups in total. The Bertz CT molecular complexity index is 437. The van der Waals surface area contributed by atoms with Crippen molar-refractivity contribution in [1.82, 2.24) is 4.98 Å². The van der Waals surface area contributed by atoms with Crippen LogP contribution < -0.4 is 0 Å². The summed E-state index contributed by atoms with van der Waals surface area (Å²) >= 11 is 0. The van der Waals surface area contributed by atoms with Crippen LogP contribution in [0.5, 0.6) is 5.75 Å². The monoisotopic (exact) mass is 185 g/mol. The normalized spacial score (nSPS) is 10.1. The van der Waals surface area contributed by atoms with Crippen LogP contribution in [0, 0.1) is 6.92 Å². The van der Waals surface area contributed by atoms with E-state index in [-0.39, 0.29) is 0 Å². The Hall–Kier alpha value is -1.83. The van der Waals surface area contributed by atoms with Crippen LogP contribution >= 0.6 is 0 Å². The van der Waals surface area contributed by atoms with Crippen molar-refractivity contribution in [3.05, 3.63) is 48.2 Å². The molecule has 0 radical (unpaired) electrons. The lowest BCUT2D eigenvalue weighted by Gasteiger charge is -2.05. The van der Waals surface area contributed by atoms with Gasteiger partial charge >= 0.3 is 0 Å². The van der Waals surface area contributed by atoms with Gasteiger partial charge in [-0.25, -0.2) is 0 Å². The standard InChI is InChI=1S/C12H11NO/c1-9-5-4-6-10(12(9)14)11-7-2-3-8-13-11/h2-8,14H,1H3. The predicted molar refractivity (Wildman–Crippen MR) is 56.1 cm³/mol. The highest BCUT2D eigenvalue weighted by atomic mass is 16.3. The Labute approximate surface area is 82.9 Å². The zero-order chi connectivity index (χ0) is 9.97. The van der Waals surface area contributed by atoms with Gasteiger partial charge < -0.3 is 5.11 Å². The van der Waals surface area contributed by atoms with Crippen molar-refractivity contribution < 1.29 is 5.11 Å². The Morgan fingerprint density at radius 2 is 1.93 bits per heavy atom. The third-order valence-electron chi connectivity index (χ3n) is 2.18. The second-order valence-electron chi connectivity index (χ2n) is 3.19. The average molecular weight is 185 g/mol. The lowest BCUT2D eigenvalue weighted by atomic mass is 10.1. The molecule has 0 aliphatic rings. The van der Waals surface area contributed by atoms with Crippen LogP contribution in [0.15, 0.2) is 42.6 Å². The minimum atomic E-state index is 0.311. The number of nitrogens with zero attached hydrogens (tertiary/aromatic N) is 1. The fraction of sp³-hybridized carbons (Fsp3) is 0.0833. The smallest absolute Gasteiger partial charge is 0.127 e. The molecular formula is C12H11NO. The fourth-order valence-electron chi connectivity index (χ4n) is 1.39. The zero-order valence-corrected chi connectivity index (χ0v) is 7.94. The summed E-state index contributed by atoms with van der Waals surface area (Å²) in [6.07, 6.45) is 1.72. The summed E-state index contributed by atoms with van der Waals surface area (Å²) in [6.45, 7) is 1.88. The maximum atomic E-state index is 9.81. The van der Waals surface area contributed by atoms with Crippen LogP contribution in [-0.2, 0) is 0 Å². The predicted octanol–water partition coefficient (Wildman–Crippen LogP) is 2.76. The second-order valence-corrected chi connectivity index (χ2v) is 3.19. The molecule has 0 atom stereocenters. The van der Waals surface area contributed by atoms with Crippen LogP contribution in [0.2, 0.25) is 0 Å². The number of phenolic OH excluding ortho intramolecular Hbond substituents is 1. The van der Waals surface area contributed by atoms with Crippen molar-refractivity contribution in [1.29, 1.82) is 0 Å². The van der Waals surface area contributed by atoms with Crippen molar-refractivity contribution >= 4 is 0 Å². The van der Waals surface area contributed by atoms with Gasteiger partial charge in [-0.15, -0.1) is 0 Å². The van der Waals surface area contributed by atoms with Gasteiger partial charge in [-0.3, -0.25) is 4.98 Å². The highest BCUT2D eigenvalue weighted by Crippen LogP contribution is 2.29. The van der Waals surface area contributed by atoms with E-state index in [1.807, 2.05) is 43.3 Å². The number of hydrogen-bond acceptors (Lipinski definition) is 2. The van der Waals surface area contributed by atoms with Crippen LogP contribution in [0.4, 0.5) is 0 Å². The van der Waals surface area contributed by atoms with Crippen molar-refractivity contribution in [2.45, 2.75) is 6.92 Å². The van der Waals surface area contributed by atoms with E-state index in [0.29, 0.717) is 5.75 Å². The first-order valence-electron chi connectivity index (χ1n) is 4.49. The topological polar surface area (TPSA) is 33.1 Å². The summed E-state index contributed by atoms with van der Waals surface area (Å²) in [7, 11) is 0. The Morgan fingerprint density at radius 3 is 2.64 bits per heavy atom. The van der Waals surface area contributed by atoms with Gasteiger partial charge in [-0.05, 0) is 30.7 Å². The van der Waals surface area contributed by atoms with E-state index >= 15 is 0 Å². The first-order valence-corrected chi connectivity index (χ1v) is 4.49. The Morgan fingerprint density at radius 1 is 1.07 bits per heavy atom. The first kappa shape index (κ1) is 8.75. The molecule has 0 unspecified atom stereocenters. The molecule has 0 saturated heterocycles. The van der Waals surface area contributed by atoms with E-state index in [1.165, 1.54) is 0 Å². The molecule has 2 rings (SSSR count). The molecular weight excluding hydrogens is 174 g/mol. The van der Waals surface area contributed by atoms with Crippen molar-refractivity contribution in [2.24, 2.45) is 0 Å². The number of phenols is 1. The van der Waals surface area contributed by atoms with Gasteiger partial charge in [-0.2, -0.15) is 0 Å². The summed E-state index contributed by atoms with van der Waals surface area (Å²) in [5, 5.41) is 9.81. The number of hydrogen-bond donors (Lipinski definition) is 1. The molecule has 2 aromatic rings. The molecule has 0 aliphatic heterocycles. The number of aromatic nitrogens is 1. The molecule has 0 aliphatic carbocycles. The van der Waals surface area contributed by atoms with Crippen molar-refractivity contribution in [3.63, 3.8) is 0 Å². The van der Waals surface area contributed by atoms with E-state index in [9.17, 15) is 5.11 Å². The molecule has 14 heavy (non-hydrogen) atoms. The van der Waals surface area contributed by atoms with Crippen molar-refractivity contribution in [2.75, 3.05) is 0 Å². The van der Waals surface area contributed by atoms with Gasteiger partial charge in [0.05, 0.1) is 5.69 Å². The molecule has 2 heteroatoms. The lowest BCUT2D eigenvalue weighted by Crippen LogP contribution is -1.84. The number of aromatic hydroxyl groups is 1. The minimum Gasteiger partial charge on any atom is -0.507 e. The summed E-state index contributed by atoms with van der Waals surface area (Å²) in [5.41, 5.74) is 2.45. The van der Waals surface area contributed by atoms with Crippen LogP contribution in [0.3, 0.4) is 0 Å². The maximum Gasteiger partial charge on any atom is 0.127 e. The quantitative estimate of drug-likeness (QED) is 0.741. The minimum absolute atomic E-state index is 0.311. The number of pyridine rings is 1. The van der Waals surface area contributed by atoms with Crippen LogP contribution in [-0.4, -0.2) is 10.1 Å². The highest BCUT2D eigenvalue weighted by Gasteiger charge is 2.05. The first-order chi connectivity index (χ1) is 6.79. The average Bonchev–Trinajstić information content (AvgIpc) is 2.23. The molecule has 0 amide bonds. The second kappa shape index (κ2) is 3.50. The Kier molecular flexibility index (Phi) is 2.19. The summed E-state index contributed by atoms with van der Waals surface area (Å²) < 4.78 is 0. The van der Waals surface area contributed by atoms with E-state index in [2.05, 4.69) is 4.98 Å². The van der Waals surface area contributed by atoms with Gasteiger partial charge in [0.1, 0.15) is 5.75 Å². The fourth-order valence-corrected chi connectivity index (χ4v) is 1.39. The molecule has 0 bridgehead atoms. The van der Waals surface area contributed by atoms with Crippen molar-refractivity contribution in [3.8, 4) is 17.0 Å². The molecule has 1 heterocycles. The van der Waals surface area contributed by atoms with Crippen LogP contribution in [0.25, 0.3) is 11.3 Å². The zero-order valence-electron chi connectivity index (χ0n) is 7.94. The molecule has 2 nitrogen and oxygen atoms in total. The molecule has 0 spiro atoms. The van der Waals surface area contributed by atoms with Gasteiger partial charge in [0, 0.05) is 11.8 Å². The number of benzene rings is 1. The number of rotatable bonds is 1. The summed E-state index contributed by atoms with van der Waals surface area (Å²) in [6, 6.07) is 11.3. The van der Waals surface area contributed by atoms with Crippen LogP contribution in [0.1, 0.15) is 5.56 Å².